The fourth-order valence-electron chi connectivity index (χ4n) is 2.13. The molecule has 5 heteroatoms. The highest BCUT2D eigenvalue weighted by Crippen LogP contribution is 2.19. The van der Waals surface area contributed by atoms with Crippen LogP contribution in [0.1, 0.15) is 12.5 Å². The standard InChI is InChI=1S/C15H17NO4/c1-4-20-14(17)9-16-8-10(2)15(18)12-7-11(19-3)5-6-13(12)16/h5-8H,4,9H2,1-3H3. The zero-order valence-corrected chi connectivity index (χ0v) is 11.8. The van der Waals surface area contributed by atoms with Gasteiger partial charge in [-0.05, 0) is 32.0 Å². The molecule has 0 aliphatic carbocycles. The second kappa shape index (κ2) is 5.77. The summed E-state index contributed by atoms with van der Waals surface area (Å²) in [6.07, 6.45) is 1.67. The van der Waals surface area contributed by atoms with Gasteiger partial charge in [0.1, 0.15) is 12.3 Å². The number of carbonyl (C=O) groups is 1. The number of aryl methyl sites for hydroxylation is 1. The van der Waals surface area contributed by atoms with Gasteiger partial charge < -0.3 is 14.0 Å². The van der Waals surface area contributed by atoms with Crippen molar-refractivity contribution in [1.29, 1.82) is 0 Å². The number of ether oxygens (including phenoxy) is 2. The molecule has 0 bridgehead atoms. The van der Waals surface area contributed by atoms with Gasteiger partial charge in [-0.1, -0.05) is 0 Å². The first-order valence-corrected chi connectivity index (χ1v) is 6.40. The molecule has 1 aromatic carbocycles. The molecule has 2 rings (SSSR count). The van der Waals surface area contributed by atoms with E-state index in [0.29, 0.717) is 28.8 Å². The lowest BCUT2D eigenvalue weighted by Gasteiger charge is -2.12. The average molecular weight is 275 g/mol. The Labute approximate surface area is 116 Å². The zero-order chi connectivity index (χ0) is 14.7. The summed E-state index contributed by atoms with van der Waals surface area (Å²) >= 11 is 0. The summed E-state index contributed by atoms with van der Waals surface area (Å²) in [5.74, 6) is 0.288. The molecular formula is C15H17NO4. The lowest BCUT2D eigenvalue weighted by atomic mass is 10.1. The Bertz CT molecular complexity index is 703. The highest BCUT2D eigenvalue weighted by atomic mass is 16.5. The Hall–Kier alpha value is -2.30. The number of esters is 1. The van der Waals surface area contributed by atoms with Crippen LogP contribution in [0.15, 0.2) is 29.2 Å². The number of benzene rings is 1. The minimum Gasteiger partial charge on any atom is -0.497 e. The number of methoxy groups -OCH3 is 1. The predicted octanol–water partition coefficient (Wildman–Crippen LogP) is 1.88. The van der Waals surface area contributed by atoms with Gasteiger partial charge in [0.2, 0.25) is 0 Å². The Balaban J connectivity index is 2.58. The van der Waals surface area contributed by atoms with E-state index in [9.17, 15) is 9.59 Å². The van der Waals surface area contributed by atoms with Crippen molar-refractivity contribution in [2.75, 3.05) is 13.7 Å². The van der Waals surface area contributed by atoms with E-state index in [2.05, 4.69) is 0 Å². The number of hydrogen-bond acceptors (Lipinski definition) is 4. The number of fused-ring (bicyclic) bond motifs is 1. The van der Waals surface area contributed by atoms with Crippen molar-refractivity contribution >= 4 is 16.9 Å². The van der Waals surface area contributed by atoms with E-state index in [-0.39, 0.29) is 17.9 Å². The highest BCUT2D eigenvalue weighted by molar-refractivity contribution is 5.82. The van der Waals surface area contributed by atoms with Gasteiger partial charge in [-0.2, -0.15) is 0 Å². The van der Waals surface area contributed by atoms with Crippen LogP contribution in [0.4, 0.5) is 0 Å². The van der Waals surface area contributed by atoms with Crippen LogP contribution in [0.3, 0.4) is 0 Å². The third-order valence-corrected chi connectivity index (χ3v) is 3.07. The van der Waals surface area contributed by atoms with Crippen LogP contribution in [-0.2, 0) is 16.1 Å². The van der Waals surface area contributed by atoms with Gasteiger partial charge >= 0.3 is 5.97 Å². The van der Waals surface area contributed by atoms with Gasteiger partial charge in [-0.15, -0.1) is 0 Å². The fourth-order valence-corrected chi connectivity index (χ4v) is 2.13. The molecule has 0 unspecified atom stereocenters. The first kappa shape index (κ1) is 14.1. The Kier molecular flexibility index (Phi) is 4.08. The molecule has 0 spiro atoms. The van der Waals surface area contributed by atoms with Gasteiger partial charge in [-0.3, -0.25) is 9.59 Å². The third-order valence-electron chi connectivity index (χ3n) is 3.07. The first-order valence-electron chi connectivity index (χ1n) is 6.40. The maximum Gasteiger partial charge on any atom is 0.325 e. The molecule has 20 heavy (non-hydrogen) atoms. The Morgan fingerprint density at radius 1 is 1.35 bits per heavy atom. The van der Waals surface area contributed by atoms with E-state index in [1.165, 1.54) is 0 Å². The maximum atomic E-state index is 12.2. The van der Waals surface area contributed by atoms with Crippen LogP contribution in [-0.4, -0.2) is 24.3 Å². The molecule has 0 saturated heterocycles. The van der Waals surface area contributed by atoms with E-state index < -0.39 is 0 Å². The Morgan fingerprint density at radius 2 is 2.10 bits per heavy atom. The second-order valence-electron chi connectivity index (χ2n) is 4.46. The number of carbonyl (C=O) groups excluding carboxylic acids is 1. The summed E-state index contributed by atoms with van der Waals surface area (Å²) in [4.78, 5) is 23.8. The van der Waals surface area contributed by atoms with Crippen LogP contribution in [0, 0.1) is 6.92 Å². The van der Waals surface area contributed by atoms with Crippen molar-refractivity contribution in [3.63, 3.8) is 0 Å². The summed E-state index contributed by atoms with van der Waals surface area (Å²) < 4.78 is 11.8. The maximum absolute atomic E-state index is 12.2. The molecule has 1 aromatic heterocycles. The van der Waals surface area contributed by atoms with Crippen LogP contribution >= 0.6 is 0 Å². The lowest BCUT2D eigenvalue weighted by Crippen LogP contribution is -2.18. The molecule has 0 N–H and O–H groups in total. The minimum absolute atomic E-state index is 0.0565. The van der Waals surface area contributed by atoms with Crippen LogP contribution in [0.5, 0.6) is 5.75 Å². The van der Waals surface area contributed by atoms with Crippen molar-refractivity contribution in [3.8, 4) is 5.75 Å². The number of pyridine rings is 1. The molecule has 0 atom stereocenters. The fraction of sp³-hybridized carbons (Fsp3) is 0.333. The average Bonchev–Trinajstić information content (AvgIpc) is 2.44. The highest BCUT2D eigenvalue weighted by Gasteiger charge is 2.10. The van der Waals surface area contributed by atoms with E-state index in [0.717, 1.165) is 0 Å². The molecule has 0 aliphatic rings. The van der Waals surface area contributed by atoms with Gasteiger partial charge in [-0.25, -0.2) is 0 Å². The third kappa shape index (κ3) is 2.66. The molecule has 0 radical (unpaired) electrons. The molecule has 2 aromatic rings. The normalized spacial score (nSPS) is 10.6. The molecule has 5 nitrogen and oxygen atoms in total. The van der Waals surface area contributed by atoms with Gasteiger partial charge in [0.25, 0.3) is 0 Å². The van der Waals surface area contributed by atoms with E-state index in [1.54, 1.807) is 49.9 Å². The van der Waals surface area contributed by atoms with Crippen molar-refractivity contribution < 1.29 is 14.3 Å². The largest absolute Gasteiger partial charge is 0.497 e. The van der Waals surface area contributed by atoms with Gasteiger partial charge in [0.15, 0.2) is 5.43 Å². The summed E-state index contributed by atoms with van der Waals surface area (Å²) in [7, 11) is 1.55. The van der Waals surface area contributed by atoms with Crippen LogP contribution < -0.4 is 10.2 Å². The number of aromatic nitrogens is 1. The van der Waals surface area contributed by atoms with Crippen LogP contribution in [0.2, 0.25) is 0 Å². The monoisotopic (exact) mass is 275 g/mol. The van der Waals surface area contributed by atoms with Crippen molar-refractivity contribution in [2.45, 2.75) is 20.4 Å². The lowest BCUT2D eigenvalue weighted by molar-refractivity contribution is -0.143. The van der Waals surface area contributed by atoms with E-state index >= 15 is 0 Å². The minimum atomic E-state index is -0.326. The Morgan fingerprint density at radius 3 is 2.75 bits per heavy atom. The molecule has 0 fully saturated rings. The number of hydrogen-bond donors (Lipinski definition) is 0. The topological polar surface area (TPSA) is 57.5 Å². The van der Waals surface area contributed by atoms with E-state index in [1.807, 2.05) is 0 Å². The molecule has 0 saturated carbocycles. The van der Waals surface area contributed by atoms with Crippen molar-refractivity contribution in [2.24, 2.45) is 0 Å². The quantitative estimate of drug-likeness (QED) is 0.799. The smallest absolute Gasteiger partial charge is 0.325 e. The summed E-state index contributed by atoms with van der Waals surface area (Å²) in [6.45, 7) is 3.90. The SMILES string of the molecule is CCOC(=O)Cn1cc(C)c(=O)c2cc(OC)ccc21. The first-order chi connectivity index (χ1) is 9.56. The zero-order valence-electron chi connectivity index (χ0n) is 11.8. The van der Waals surface area contributed by atoms with Gasteiger partial charge in [0.05, 0.1) is 19.2 Å². The van der Waals surface area contributed by atoms with Crippen molar-refractivity contribution in [3.05, 3.63) is 40.2 Å². The molecule has 0 aliphatic heterocycles. The van der Waals surface area contributed by atoms with Crippen molar-refractivity contribution in [1.82, 2.24) is 4.57 Å². The van der Waals surface area contributed by atoms with Gasteiger partial charge in [0, 0.05) is 17.1 Å². The van der Waals surface area contributed by atoms with E-state index in [4.69, 9.17) is 9.47 Å². The molecule has 106 valence electrons. The molecule has 0 amide bonds. The summed E-state index contributed by atoms with van der Waals surface area (Å²) in [6, 6.07) is 5.22. The molecular weight excluding hydrogens is 258 g/mol. The summed E-state index contributed by atoms with van der Waals surface area (Å²) in [5, 5.41) is 0.536. The number of nitrogens with zero attached hydrogens (tertiary/aromatic N) is 1. The predicted molar refractivity (Wildman–Crippen MR) is 76.1 cm³/mol. The second-order valence-corrected chi connectivity index (χ2v) is 4.46. The number of rotatable bonds is 4. The van der Waals surface area contributed by atoms with Crippen LogP contribution in [0.25, 0.3) is 10.9 Å². The molecule has 1 heterocycles. The summed E-state index contributed by atoms with van der Waals surface area (Å²) in [5.41, 5.74) is 1.21.